The predicted octanol–water partition coefficient (Wildman–Crippen LogP) is 3.15. The van der Waals surface area contributed by atoms with E-state index >= 15 is 0 Å². The SMILES string of the molecule is CC(C)(C)N=NC(C)(C)NC(=O)NNC(=S)c1ccccc1. The summed E-state index contributed by atoms with van der Waals surface area (Å²) in [6.45, 7) is 9.33. The highest BCUT2D eigenvalue weighted by Gasteiger charge is 2.21. The van der Waals surface area contributed by atoms with E-state index in [2.05, 4.69) is 26.4 Å². The van der Waals surface area contributed by atoms with Crippen molar-refractivity contribution in [3.05, 3.63) is 35.9 Å². The van der Waals surface area contributed by atoms with Gasteiger partial charge in [0, 0.05) is 5.56 Å². The molecule has 1 aromatic rings. The van der Waals surface area contributed by atoms with Crippen molar-refractivity contribution in [2.75, 3.05) is 0 Å². The summed E-state index contributed by atoms with van der Waals surface area (Å²) in [7, 11) is 0. The molecule has 22 heavy (non-hydrogen) atoms. The van der Waals surface area contributed by atoms with Crippen LogP contribution in [0.2, 0.25) is 0 Å². The minimum absolute atomic E-state index is 0.289. The van der Waals surface area contributed by atoms with Crippen LogP contribution in [0, 0.1) is 0 Å². The van der Waals surface area contributed by atoms with Crippen molar-refractivity contribution in [1.29, 1.82) is 0 Å². The minimum Gasteiger partial charge on any atom is -0.311 e. The van der Waals surface area contributed by atoms with Crippen LogP contribution in [0.15, 0.2) is 40.6 Å². The number of benzene rings is 1. The number of urea groups is 1. The third kappa shape index (κ3) is 7.12. The summed E-state index contributed by atoms with van der Waals surface area (Å²) >= 11 is 5.18. The van der Waals surface area contributed by atoms with Crippen molar-refractivity contribution >= 4 is 23.2 Å². The Morgan fingerprint density at radius 1 is 1.00 bits per heavy atom. The van der Waals surface area contributed by atoms with Gasteiger partial charge < -0.3 is 5.32 Å². The Morgan fingerprint density at radius 3 is 2.14 bits per heavy atom. The molecule has 0 saturated heterocycles. The van der Waals surface area contributed by atoms with Crippen LogP contribution in [0.5, 0.6) is 0 Å². The van der Waals surface area contributed by atoms with Gasteiger partial charge in [-0.3, -0.25) is 10.9 Å². The topological polar surface area (TPSA) is 77.9 Å². The molecule has 0 atom stereocenters. The van der Waals surface area contributed by atoms with Gasteiger partial charge in [-0.15, -0.1) is 0 Å². The fourth-order valence-electron chi connectivity index (χ4n) is 1.38. The monoisotopic (exact) mass is 321 g/mol. The first-order valence-electron chi connectivity index (χ1n) is 6.97. The molecule has 0 bridgehead atoms. The molecule has 120 valence electrons. The van der Waals surface area contributed by atoms with E-state index in [1.165, 1.54) is 0 Å². The number of amides is 2. The van der Waals surface area contributed by atoms with E-state index in [1.54, 1.807) is 13.8 Å². The zero-order valence-corrected chi connectivity index (χ0v) is 14.4. The van der Waals surface area contributed by atoms with Crippen LogP contribution in [-0.2, 0) is 0 Å². The molecule has 0 heterocycles. The molecular weight excluding hydrogens is 298 g/mol. The lowest BCUT2D eigenvalue weighted by atomic mass is 10.1. The molecule has 3 N–H and O–H groups in total. The third-order valence-electron chi connectivity index (χ3n) is 2.34. The number of rotatable bonds is 3. The zero-order valence-electron chi connectivity index (χ0n) is 13.6. The lowest BCUT2D eigenvalue weighted by Crippen LogP contribution is -2.52. The first kappa shape index (κ1) is 18.0. The van der Waals surface area contributed by atoms with Crippen molar-refractivity contribution < 1.29 is 4.79 Å². The number of carbonyl (C=O) groups excluding carboxylic acids is 1. The molecule has 0 aliphatic carbocycles. The van der Waals surface area contributed by atoms with Crippen LogP contribution < -0.4 is 16.2 Å². The molecule has 1 aromatic carbocycles. The first-order valence-corrected chi connectivity index (χ1v) is 7.37. The Morgan fingerprint density at radius 2 is 1.59 bits per heavy atom. The van der Waals surface area contributed by atoms with Crippen molar-refractivity contribution in [2.45, 2.75) is 45.8 Å². The number of nitrogens with one attached hydrogen (secondary N) is 3. The highest BCUT2D eigenvalue weighted by molar-refractivity contribution is 7.80. The smallest absolute Gasteiger partial charge is 0.311 e. The van der Waals surface area contributed by atoms with Crippen molar-refractivity contribution in [1.82, 2.24) is 16.2 Å². The Bertz CT molecular complexity index is 549. The van der Waals surface area contributed by atoms with Gasteiger partial charge in [0.25, 0.3) is 0 Å². The molecular formula is C15H23N5OS. The molecule has 0 unspecified atom stereocenters. The number of hydrazine groups is 1. The lowest BCUT2D eigenvalue weighted by molar-refractivity contribution is 0.227. The standard InChI is InChI=1S/C15H23N5OS/c1-14(2,3)19-20-15(4,5)16-13(21)18-17-12(22)11-9-7-6-8-10-11/h6-10H,1-5H3,(H,17,22)(H2,16,18,21). The van der Waals surface area contributed by atoms with Crippen LogP contribution >= 0.6 is 12.2 Å². The quantitative estimate of drug-likeness (QED) is 0.454. The summed E-state index contributed by atoms with van der Waals surface area (Å²) in [6.07, 6.45) is 0. The summed E-state index contributed by atoms with van der Waals surface area (Å²) in [5, 5.41) is 11.0. The van der Waals surface area contributed by atoms with Gasteiger partial charge in [-0.05, 0) is 34.6 Å². The van der Waals surface area contributed by atoms with Crippen LogP contribution in [0.25, 0.3) is 0 Å². The molecule has 0 aliphatic rings. The fourth-order valence-corrected chi connectivity index (χ4v) is 1.57. The molecule has 0 radical (unpaired) electrons. The Balaban J connectivity index is 2.49. The zero-order chi connectivity index (χ0) is 16.8. The van der Waals surface area contributed by atoms with Gasteiger partial charge in [-0.1, -0.05) is 42.5 Å². The van der Waals surface area contributed by atoms with Gasteiger partial charge in [0.05, 0.1) is 5.54 Å². The average Bonchev–Trinajstić information content (AvgIpc) is 2.42. The molecule has 0 aliphatic heterocycles. The van der Waals surface area contributed by atoms with E-state index in [4.69, 9.17) is 12.2 Å². The highest BCUT2D eigenvalue weighted by Crippen LogP contribution is 2.12. The summed E-state index contributed by atoms with van der Waals surface area (Å²) in [4.78, 5) is 12.3. The third-order valence-corrected chi connectivity index (χ3v) is 2.68. The van der Waals surface area contributed by atoms with Gasteiger partial charge in [0.15, 0.2) is 0 Å². The number of nitrogens with zero attached hydrogens (tertiary/aromatic N) is 2. The van der Waals surface area contributed by atoms with E-state index in [1.807, 2.05) is 51.1 Å². The number of thiocarbonyl (C=S) groups is 1. The maximum atomic E-state index is 11.9. The lowest BCUT2D eigenvalue weighted by Gasteiger charge is -2.22. The predicted molar refractivity (Wildman–Crippen MR) is 91.6 cm³/mol. The van der Waals surface area contributed by atoms with Crippen LogP contribution in [0.3, 0.4) is 0 Å². The summed E-state index contributed by atoms with van der Waals surface area (Å²) in [5.74, 6) is 0. The molecule has 1 rings (SSSR count). The summed E-state index contributed by atoms with van der Waals surface area (Å²) < 4.78 is 0. The molecule has 7 heteroatoms. The molecule has 0 aromatic heterocycles. The summed E-state index contributed by atoms with van der Waals surface area (Å²) in [6, 6.07) is 8.93. The summed E-state index contributed by atoms with van der Waals surface area (Å²) in [5.41, 5.74) is 4.90. The molecule has 2 amide bonds. The Hall–Kier alpha value is -2.02. The largest absolute Gasteiger partial charge is 0.335 e. The van der Waals surface area contributed by atoms with Crippen LogP contribution in [0.4, 0.5) is 4.79 Å². The van der Waals surface area contributed by atoms with E-state index < -0.39 is 11.7 Å². The number of carbonyl (C=O) groups is 1. The minimum atomic E-state index is -0.812. The normalized spacial score (nSPS) is 12.0. The van der Waals surface area contributed by atoms with Gasteiger partial charge in [0.1, 0.15) is 10.7 Å². The molecule has 0 saturated carbocycles. The average molecular weight is 321 g/mol. The first-order chi connectivity index (χ1) is 10.1. The van der Waals surface area contributed by atoms with Gasteiger partial charge >= 0.3 is 6.03 Å². The molecule has 6 nitrogen and oxygen atoms in total. The van der Waals surface area contributed by atoms with Crippen molar-refractivity contribution in [3.63, 3.8) is 0 Å². The second-order valence-electron chi connectivity index (χ2n) is 6.33. The van der Waals surface area contributed by atoms with Gasteiger partial charge in [-0.2, -0.15) is 10.2 Å². The van der Waals surface area contributed by atoms with E-state index in [0.29, 0.717) is 4.99 Å². The number of hydrogen-bond donors (Lipinski definition) is 3. The maximum Gasteiger partial charge on any atom is 0.335 e. The Labute approximate surface area is 136 Å². The van der Waals surface area contributed by atoms with Crippen LogP contribution in [0.1, 0.15) is 40.2 Å². The number of azo groups is 1. The molecule has 0 spiro atoms. The second-order valence-corrected chi connectivity index (χ2v) is 6.74. The van der Waals surface area contributed by atoms with E-state index in [-0.39, 0.29) is 5.54 Å². The van der Waals surface area contributed by atoms with Gasteiger partial charge in [-0.25, -0.2) is 4.79 Å². The Kier molecular flexibility index (Phi) is 5.99. The maximum absolute atomic E-state index is 11.9. The van der Waals surface area contributed by atoms with Crippen molar-refractivity contribution in [2.24, 2.45) is 10.2 Å². The fraction of sp³-hybridized carbons (Fsp3) is 0.467. The second kappa shape index (κ2) is 7.31. The number of hydrogen-bond acceptors (Lipinski definition) is 4. The van der Waals surface area contributed by atoms with Gasteiger partial charge in [0.2, 0.25) is 0 Å². The van der Waals surface area contributed by atoms with E-state index in [0.717, 1.165) is 5.56 Å². The van der Waals surface area contributed by atoms with E-state index in [9.17, 15) is 4.79 Å². The highest BCUT2D eigenvalue weighted by atomic mass is 32.1. The van der Waals surface area contributed by atoms with Crippen molar-refractivity contribution in [3.8, 4) is 0 Å². The van der Waals surface area contributed by atoms with Crippen LogP contribution in [-0.4, -0.2) is 22.2 Å². The molecule has 0 fully saturated rings.